The number of carbonyl (C=O) groups is 3. The Balaban J connectivity index is 1.92. The summed E-state index contributed by atoms with van der Waals surface area (Å²) in [6, 6.07) is -0.393. The van der Waals surface area contributed by atoms with Crippen molar-refractivity contribution in [3.05, 3.63) is 0 Å². The number of piperazine rings is 1. The van der Waals surface area contributed by atoms with Crippen LogP contribution in [0.4, 0.5) is 0 Å². The molecule has 100 valence electrons. The molecule has 1 saturated carbocycles. The van der Waals surface area contributed by atoms with Crippen molar-refractivity contribution in [2.24, 2.45) is 5.92 Å². The maximum atomic E-state index is 12.1. The molecule has 0 spiro atoms. The third kappa shape index (κ3) is 2.96. The smallest absolute Gasteiger partial charge is 0.243 e. The van der Waals surface area contributed by atoms with E-state index >= 15 is 0 Å². The molecule has 0 radical (unpaired) electrons. The molecule has 0 bridgehead atoms. The molecule has 1 unspecified atom stereocenters. The largest absolute Gasteiger partial charge is 0.298 e. The van der Waals surface area contributed by atoms with E-state index in [0.717, 1.165) is 25.7 Å². The third-order valence-electron chi connectivity index (χ3n) is 3.96. The summed E-state index contributed by atoms with van der Waals surface area (Å²) in [6.07, 6.45) is 5.37. The molecule has 18 heavy (non-hydrogen) atoms. The average molecular weight is 252 g/mol. The van der Waals surface area contributed by atoms with E-state index in [1.165, 1.54) is 6.42 Å². The normalized spacial score (nSPS) is 27.1. The molecule has 0 aromatic rings. The Hall–Kier alpha value is -1.23. The Morgan fingerprint density at radius 1 is 1.28 bits per heavy atom. The summed E-state index contributed by atoms with van der Waals surface area (Å²) < 4.78 is 0. The van der Waals surface area contributed by atoms with Gasteiger partial charge in [0.15, 0.2) is 0 Å². The predicted molar refractivity (Wildman–Crippen MR) is 65.8 cm³/mol. The van der Waals surface area contributed by atoms with Gasteiger partial charge in [0, 0.05) is 5.92 Å². The zero-order valence-corrected chi connectivity index (χ0v) is 10.8. The van der Waals surface area contributed by atoms with E-state index in [4.69, 9.17) is 0 Å². The lowest BCUT2D eigenvalue weighted by Gasteiger charge is -2.32. The lowest BCUT2D eigenvalue weighted by Crippen LogP contribution is -2.58. The van der Waals surface area contributed by atoms with Crippen LogP contribution in [0, 0.1) is 5.92 Å². The molecular weight excluding hydrogens is 232 g/mol. The molecule has 0 aromatic heterocycles. The fourth-order valence-corrected chi connectivity index (χ4v) is 2.72. The number of amides is 2. The van der Waals surface area contributed by atoms with E-state index in [-0.39, 0.29) is 36.6 Å². The molecular formula is C13H20N2O3. The maximum absolute atomic E-state index is 12.1. The molecule has 0 aromatic carbocycles. The molecule has 1 saturated heterocycles. The van der Waals surface area contributed by atoms with Gasteiger partial charge in [-0.15, -0.1) is 0 Å². The van der Waals surface area contributed by atoms with Crippen LogP contribution in [0.3, 0.4) is 0 Å². The van der Waals surface area contributed by atoms with Crippen LogP contribution < -0.4 is 5.32 Å². The van der Waals surface area contributed by atoms with E-state index in [0.29, 0.717) is 0 Å². The maximum Gasteiger partial charge on any atom is 0.243 e. The molecule has 1 atom stereocenters. The number of carbonyl (C=O) groups excluding carboxylic acids is 3. The second-order valence-electron chi connectivity index (χ2n) is 5.29. The summed E-state index contributed by atoms with van der Waals surface area (Å²) in [4.78, 5) is 36.6. The Bertz CT molecular complexity index is 361. The lowest BCUT2D eigenvalue weighted by atomic mass is 9.86. The summed E-state index contributed by atoms with van der Waals surface area (Å²) in [5.74, 6) is -0.299. The summed E-state index contributed by atoms with van der Waals surface area (Å²) in [7, 11) is 0. The van der Waals surface area contributed by atoms with Gasteiger partial charge in [0.2, 0.25) is 11.8 Å². The van der Waals surface area contributed by atoms with E-state index in [1.54, 1.807) is 11.8 Å². The first-order valence-electron chi connectivity index (χ1n) is 6.68. The predicted octanol–water partition coefficient (Wildman–Crippen LogP) is 0.483. The molecule has 1 aliphatic heterocycles. The van der Waals surface area contributed by atoms with Crippen LogP contribution in [-0.2, 0) is 14.4 Å². The van der Waals surface area contributed by atoms with Gasteiger partial charge in [-0.1, -0.05) is 19.3 Å². The zero-order valence-electron chi connectivity index (χ0n) is 10.8. The highest BCUT2D eigenvalue weighted by atomic mass is 16.2. The van der Waals surface area contributed by atoms with Crippen molar-refractivity contribution in [2.45, 2.75) is 45.1 Å². The molecule has 5 nitrogen and oxygen atoms in total. The number of ketones is 1. The number of hydrogen-bond acceptors (Lipinski definition) is 4. The van der Waals surface area contributed by atoms with Crippen molar-refractivity contribution in [1.82, 2.24) is 10.2 Å². The number of imide groups is 1. The SMILES string of the molecule is CC1C(=O)NC(=O)CN1CC(=O)C1CCCCC1. The van der Waals surface area contributed by atoms with E-state index in [2.05, 4.69) is 5.32 Å². The molecule has 1 aliphatic carbocycles. The van der Waals surface area contributed by atoms with E-state index < -0.39 is 6.04 Å². The van der Waals surface area contributed by atoms with Crippen molar-refractivity contribution in [2.75, 3.05) is 13.1 Å². The highest BCUT2D eigenvalue weighted by molar-refractivity contribution is 6.01. The number of nitrogens with one attached hydrogen (secondary N) is 1. The quantitative estimate of drug-likeness (QED) is 0.742. The second-order valence-corrected chi connectivity index (χ2v) is 5.29. The number of rotatable bonds is 3. The van der Waals surface area contributed by atoms with Crippen molar-refractivity contribution in [1.29, 1.82) is 0 Å². The van der Waals surface area contributed by atoms with Gasteiger partial charge in [-0.25, -0.2) is 0 Å². The van der Waals surface area contributed by atoms with Crippen molar-refractivity contribution >= 4 is 17.6 Å². The average Bonchev–Trinajstić information content (AvgIpc) is 2.36. The van der Waals surface area contributed by atoms with Gasteiger partial charge >= 0.3 is 0 Å². The van der Waals surface area contributed by atoms with E-state index in [9.17, 15) is 14.4 Å². The second kappa shape index (κ2) is 5.61. The monoisotopic (exact) mass is 252 g/mol. The van der Waals surface area contributed by atoms with Gasteiger partial charge in [0.05, 0.1) is 19.1 Å². The number of hydrogen-bond donors (Lipinski definition) is 1. The summed E-state index contributed by atoms with van der Waals surface area (Å²) in [6.45, 7) is 2.10. The topological polar surface area (TPSA) is 66.5 Å². The van der Waals surface area contributed by atoms with Gasteiger partial charge in [-0.3, -0.25) is 24.6 Å². The Morgan fingerprint density at radius 2 is 1.94 bits per heavy atom. The van der Waals surface area contributed by atoms with Gasteiger partial charge in [0.1, 0.15) is 5.78 Å². The minimum absolute atomic E-state index is 0.131. The molecule has 5 heteroatoms. The van der Waals surface area contributed by atoms with Crippen LogP contribution in [0.1, 0.15) is 39.0 Å². The molecule has 1 heterocycles. The fourth-order valence-electron chi connectivity index (χ4n) is 2.72. The van der Waals surface area contributed by atoms with Crippen LogP contribution in [0.15, 0.2) is 0 Å². The first-order chi connectivity index (χ1) is 8.58. The van der Waals surface area contributed by atoms with Crippen LogP contribution in [-0.4, -0.2) is 41.6 Å². The minimum atomic E-state index is -0.393. The standard InChI is InChI=1S/C13H20N2O3/c1-9-13(18)14-12(17)8-15(9)7-11(16)10-5-3-2-4-6-10/h9-10H,2-8H2,1H3,(H,14,17,18). The van der Waals surface area contributed by atoms with Crippen LogP contribution in [0.25, 0.3) is 0 Å². The summed E-state index contributed by atoms with van der Waals surface area (Å²) >= 11 is 0. The first-order valence-corrected chi connectivity index (χ1v) is 6.68. The fraction of sp³-hybridized carbons (Fsp3) is 0.769. The highest BCUT2D eigenvalue weighted by Crippen LogP contribution is 2.24. The summed E-state index contributed by atoms with van der Waals surface area (Å²) in [5.41, 5.74) is 0. The Labute approximate surface area is 107 Å². The van der Waals surface area contributed by atoms with Crippen LogP contribution in [0.2, 0.25) is 0 Å². The minimum Gasteiger partial charge on any atom is -0.298 e. The Morgan fingerprint density at radius 3 is 2.61 bits per heavy atom. The molecule has 2 aliphatic rings. The highest BCUT2D eigenvalue weighted by Gasteiger charge is 2.33. The van der Waals surface area contributed by atoms with Gasteiger partial charge < -0.3 is 0 Å². The van der Waals surface area contributed by atoms with Crippen molar-refractivity contribution < 1.29 is 14.4 Å². The van der Waals surface area contributed by atoms with Gasteiger partial charge in [0.25, 0.3) is 0 Å². The van der Waals surface area contributed by atoms with Gasteiger partial charge in [-0.2, -0.15) is 0 Å². The Kier molecular flexibility index (Phi) is 4.11. The van der Waals surface area contributed by atoms with Crippen molar-refractivity contribution in [3.8, 4) is 0 Å². The molecule has 2 amide bonds. The van der Waals surface area contributed by atoms with Gasteiger partial charge in [-0.05, 0) is 19.8 Å². The van der Waals surface area contributed by atoms with Crippen molar-refractivity contribution in [3.63, 3.8) is 0 Å². The summed E-state index contributed by atoms with van der Waals surface area (Å²) in [5, 5.41) is 2.28. The zero-order chi connectivity index (χ0) is 13.1. The molecule has 2 fully saturated rings. The van der Waals surface area contributed by atoms with Crippen LogP contribution in [0.5, 0.6) is 0 Å². The lowest BCUT2D eigenvalue weighted by molar-refractivity contribution is -0.140. The molecule has 1 N–H and O–H groups in total. The number of Topliss-reactive ketones (excluding diaryl/α,β-unsaturated/α-hetero) is 1. The third-order valence-corrected chi connectivity index (χ3v) is 3.96. The van der Waals surface area contributed by atoms with Crippen LogP contribution >= 0.6 is 0 Å². The molecule has 2 rings (SSSR count). The van der Waals surface area contributed by atoms with E-state index in [1.807, 2.05) is 0 Å². The number of nitrogens with zero attached hydrogens (tertiary/aromatic N) is 1. The first kappa shape index (κ1) is 13.2.